The zero-order valence-corrected chi connectivity index (χ0v) is 62.9. The number of aliphatic hydroxyl groups is 19. The van der Waals surface area contributed by atoms with E-state index in [9.17, 15) is 107 Å². The zero-order chi connectivity index (χ0) is 80.4. The van der Waals surface area contributed by atoms with E-state index in [1.807, 2.05) is 34.6 Å². The number of esters is 2. The molecular formula is C72H115NO37. The summed E-state index contributed by atoms with van der Waals surface area (Å²) >= 11 is 0. The summed E-state index contributed by atoms with van der Waals surface area (Å²) in [4.78, 5) is 41.4. The number of hydrogen-bond donors (Lipinski definition) is 20. The molecule has 38 nitrogen and oxygen atoms in total. The molecule has 38 heteroatoms. The fourth-order valence-electron chi connectivity index (χ4n) is 20.5. The molecular weight excluding hydrogens is 1470 g/mol. The fourth-order valence-corrected chi connectivity index (χ4v) is 20.5. The van der Waals surface area contributed by atoms with Crippen LogP contribution in [-0.2, 0) is 85.4 Å². The second-order valence-corrected chi connectivity index (χ2v) is 34.6. The summed E-state index contributed by atoms with van der Waals surface area (Å²) < 4.78 is 90.2. The normalized spacial score (nSPS) is 52.1. The van der Waals surface area contributed by atoms with E-state index in [-0.39, 0.29) is 24.7 Å². The molecule has 0 spiro atoms. The number of aliphatic hydroxyl groups excluding tert-OH is 18. The van der Waals surface area contributed by atoms with Gasteiger partial charge in [0.05, 0.1) is 64.6 Å². The molecule has 7 aliphatic heterocycles. The van der Waals surface area contributed by atoms with Gasteiger partial charge in [-0.1, -0.05) is 60.1 Å². The molecule has 630 valence electrons. The quantitative estimate of drug-likeness (QED) is 0.0306. The Morgan fingerprint density at radius 3 is 1.62 bits per heavy atom. The van der Waals surface area contributed by atoms with Crippen molar-refractivity contribution in [2.75, 3.05) is 52.9 Å². The Kier molecular flexibility index (Phi) is 25.6. The molecule has 7 heterocycles. The van der Waals surface area contributed by atoms with Gasteiger partial charge in [-0.2, -0.15) is 0 Å². The van der Waals surface area contributed by atoms with E-state index >= 15 is 4.79 Å². The smallest absolute Gasteiger partial charge is 0.317 e. The molecule has 12 rings (SSSR count). The minimum atomic E-state index is -2.25. The van der Waals surface area contributed by atoms with Crippen LogP contribution in [0.2, 0.25) is 0 Å². The largest absolute Gasteiger partial charge is 0.463 e. The van der Waals surface area contributed by atoms with E-state index in [0.717, 1.165) is 6.92 Å². The number of ether oxygens (including phenoxy) is 15. The van der Waals surface area contributed by atoms with Gasteiger partial charge < -0.3 is 173 Å². The Hall–Kier alpha value is -3.13. The standard InChI is InChI=1S/C72H115NO37/c1-27(76)73-40-51(106-59-47(87)41(81)31(78)20-97-59)45(85)36(24-100-62-50(90)52(46(86)35(104-62)23-96-28(2)77)107-60-48(88)42(82)32(79)21-98-60)103-58(40)105-39-13-14-68(7)37(67(39,5)6)12-15-69(8)38(68)11-10-29-30-18-66(3,4)16-17-72(30,56(92)55(91)70(29,69)9)65(94)110-63-54(109-61-49(89)43(83)33(80)22-99-61)53(44(84)34(19-74)102-63)108-64-57(93)71(95,25-75)26-101-64/h10,30-64,74-75,78-93,95H,11-26H2,1-9H3,(H,73,76)/t30-,31+,32+,33+,34+,35+,36+,37-,38+,39-,40+,41-,42-,43-,44+,45+,46+,47+,48+,49+,50+,51+,52-,53-,54+,55-,56+,57-,58-,59-,60-,61-,62+,63-,64-,68-,69+,70-,71+,72+/m0/s1. The molecule has 20 N–H and O–H groups in total. The van der Waals surface area contributed by atoms with E-state index in [0.29, 0.717) is 44.1 Å². The number of rotatable bonds is 20. The van der Waals surface area contributed by atoms with Crippen LogP contribution in [0.5, 0.6) is 0 Å². The van der Waals surface area contributed by atoms with Crippen LogP contribution in [0.4, 0.5) is 0 Å². The van der Waals surface area contributed by atoms with Crippen molar-refractivity contribution in [3.63, 3.8) is 0 Å². The third-order valence-corrected chi connectivity index (χ3v) is 27.1. The van der Waals surface area contributed by atoms with Crippen molar-refractivity contribution in [1.29, 1.82) is 0 Å². The lowest BCUT2D eigenvalue weighted by Crippen LogP contribution is -2.73. The van der Waals surface area contributed by atoms with Crippen LogP contribution in [0.1, 0.15) is 114 Å². The summed E-state index contributed by atoms with van der Waals surface area (Å²) in [5.74, 6) is -3.85. The number of nitrogens with one attached hydrogen (secondary N) is 1. The van der Waals surface area contributed by atoms with E-state index in [1.165, 1.54) is 6.92 Å². The van der Waals surface area contributed by atoms with Crippen molar-refractivity contribution >= 4 is 17.8 Å². The van der Waals surface area contributed by atoms with Crippen LogP contribution >= 0.6 is 0 Å². The zero-order valence-electron chi connectivity index (χ0n) is 62.9. The summed E-state index contributed by atoms with van der Waals surface area (Å²) in [6, 6.07) is -1.46. The first kappa shape index (κ1) is 86.2. The Balaban J connectivity index is 0.824. The molecule has 0 unspecified atom stereocenters. The second kappa shape index (κ2) is 32.6. The van der Waals surface area contributed by atoms with Crippen molar-refractivity contribution in [3.8, 4) is 0 Å². The number of hydrogen-bond acceptors (Lipinski definition) is 37. The van der Waals surface area contributed by atoms with E-state index in [4.69, 9.17) is 71.1 Å². The van der Waals surface area contributed by atoms with Crippen molar-refractivity contribution in [1.82, 2.24) is 5.32 Å². The highest BCUT2D eigenvalue weighted by atomic mass is 16.8. The Labute approximate surface area is 634 Å². The van der Waals surface area contributed by atoms with Gasteiger partial charge in [0.25, 0.3) is 0 Å². The van der Waals surface area contributed by atoms with E-state index in [2.05, 4.69) is 25.2 Å². The highest BCUT2D eigenvalue weighted by molar-refractivity contribution is 5.80. The number of fused-ring (bicyclic) bond motifs is 7. The molecule has 40 atom stereocenters. The maximum Gasteiger partial charge on any atom is 0.317 e. The van der Waals surface area contributed by atoms with Gasteiger partial charge in [-0.25, -0.2) is 0 Å². The molecule has 0 aromatic heterocycles. The van der Waals surface area contributed by atoms with Crippen LogP contribution < -0.4 is 5.32 Å². The van der Waals surface area contributed by atoms with Crippen LogP contribution in [0, 0.1) is 50.2 Å². The van der Waals surface area contributed by atoms with Crippen LogP contribution in [0.15, 0.2) is 11.6 Å². The van der Waals surface area contributed by atoms with Crippen molar-refractivity contribution in [2.45, 2.75) is 316 Å². The molecule has 0 aromatic rings. The molecule has 11 fully saturated rings. The first-order chi connectivity index (χ1) is 51.5. The Bertz CT molecular complexity index is 3230. The average Bonchev–Trinajstić information content (AvgIpc) is 0.894. The molecule has 1 amide bonds. The number of carbonyl (C=O) groups excluding carboxylic acids is 3. The third kappa shape index (κ3) is 15.2. The van der Waals surface area contributed by atoms with E-state index in [1.54, 1.807) is 0 Å². The summed E-state index contributed by atoms with van der Waals surface area (Å²) in [5, 5.41) is 216. The molecule has 0 aromatic carbocycles. The summed E-state index contributed by atoms with van der Waals surface area (Å²) in [5.41, 5.74) is -7.53. The lowest BCUT2D eigenvalue weighted by Gasteiger charge is -2.72. The van der Waals surface area contributed by atoms with Crippen LogP contribution in [-0.4, -0.2) is 370 Å². The van der Waals surface area contributed by atoms with Gasteiger partial charge in [0, 0.05) is 19.3 Å². The average molecular weight is 1590 g/mol. The third-order valence-electron chi connectivity index (χ3n) is 27.1. The second-order valence-electron chi connectivity index (χ2n) is 34.6. The van der Waals surface area contributed by atoms with Gasteiger partial charge in [0.2, 0.25) is 12.2 Å². The van der Waals surface area contributed by atoms with Gasteiger partial charge >= 0.3 is 11.9 Å². The molecule has 110 heavy (non-hydrogen) atoms. The van der Waals surface area contributed by atoms with Crippen molar-refractivity contribution in [2.24, 2.45) is 50.2 Å². The molecule has 0 bridgehead atoms. The predicted octanol–water partition coefficient (Wildman–Crippen LogP) is -7.35. The number of amides is 1. The van der Waals surface area contributed by atoms with Gasteiger partial charge in [-0.15, -0.1) is 0 Å². The summed E-state index contributed by atoms with van der Waals surface area (Å²) in [6.07, 6.45) is -49.7. The molecule has 4 saturated carbocycles. The van der Waals surface area contributed by atoms with Gasteiger partial charge in [-0.05, 0) is 90.8 Å². The van der Waals surface area contributed by atoms with Crippen molar-refractivity contribution in [3.05, 3.63) is 11.6 Å². The predicted molar refractivity (Wildman–Crippen MR) is 361 cm³/mol. The maximum absolute atomic E-state index is 16.0. The number of carbonyl (C=O) groups is 3. The molecule has 7 saturated heterocycles. The first-order valence-corrected chi connectivity index (χ1v) is 38.0. The summed E-state index contributed by atoms with van der Waals surface area (Å²) in [7, 11) is 0. The lowest BCUT2D eigenvalue weighted by molar-refractivity contribution is -0.369. The van der Waals surface area contributed by atoms with Gasteiger partial charge in [0.15, 0.2) is 43.8 Å². The van der Waals surface area contributed by atoms with Gasteiger partial charge in [-0.3, -0.25) is 14.4 Å². The Morgan fingerprint density at radius 2 is 1.05 bits per heavy atom. The Morgan fingerprint density at radius 1 is 0.518 bits per heavy atom. The first-order valence-electron chi connectivity index (χ1n) is 38.0. The fraction of sp³-hybridized carbons (Fsp3) is 0.931. The monoisotopic (exact) mass is 1590 g/mol. The number of allylic oxidation sites excluding steroid dienone is 1. The minimum Gasteiger partial charge on any atom is -0.463 e. The van der Waals surface area contributed by atoms with Gasteiger partial charge in [0.1, 0.15) is 146 Å². The van der Waals surface area contributed by atoms with Crippen molar-refractivity contribution < 1.29 is 182 Å². The SMILES string of the molecule is CC(=O)N[C@H]1[C@H](O[C@H]2CC[C@]3(C)[C@H]4CC=C5[C@@H]6CC(C)(C)CC[C@]6(C(=O)O[C@@H]6O[C@H](CO)[C@@H](O)[C@H](O[C@@H]7OC[C@](O)(CO)[C@H]7O)[C@H]6O[C@@H]6OC[C@@H](O)[C@H](O)[C@H]6O)[C@H](O)[C@H](O)[C@@]5(C)[C@]4(C)CC[C@H]3C2(C)C)O[C@H](CO[C@@H]2O[C@H](COC(C)=O)[C@@H](O)[C@H](O[C@@H]3OC[C@@H](O)[C@H](O)[C@H]3O)[C@H]2O)[C@@H](O)[C@@H]1O[C@@H]1OC[C@@H](O)[C@H](O)[C@H]1O. The molecule has 5 aliphatic carbocycles. The maximum atomic E-state index is 16.0. The summed E-state index contributed by atoms with van der Waals surface area (Å²) in [6.45, 7) is 11.0. The highest BCUT2D eigenvalue weighted by Crippen LogP contribution is 2.76. The lowest BCUT2D eigenvalue weighted by atomic mass is 9.32. The molecule has 12 aliphatic rings. The molecule has 0 radical (unpaired) electrons. The minimum absolute atomic E-state index is 0.0517. The highest BCUT2D eigenvalue weighted by Gasteiger charge is 2.75. The van der Waals surface area contributed by atoms with E-state index < -0.39 is 311 Å². The van der Waals surface area contributed by atoms with Crippen LogP contribution in [0.3, 0.4) is 0 Å². The topological polar surface area (TPSA) is 586 Å². The van der Waals surface area contributed by atoms with Crippen LogP contribution in [0.25, 0.3) is 0 Å².